The second-order valence-electron chi connectivity index (χ2n) is 8.94. The standard InChI is InChI=1S/C22H30N2O4/c1-13(23-14(2)25)21(26)24-10-9-18-15(12-24)11-17-20(27-18)16-7-5-6-8-19(16)28-22(17,3)4/h5-8,13,15,17-18,20H,9-12H2,1-4H3,(H,23,25)/t13-,15+,17-,18-,20+/m1/s1. The van der Waals surface area contributed by atoms with Gasteiger partial charge in [0.2, 0.25) is 11.8 Å². The smallest absolute Gasteiger partial charge is 0.244 e. The molecule has 0 radical (unpaired) electrons. The van der Waals surface area contributed by atoms with Gasteiger partial charge in [0, 0.05) is 37.4 Å². The maximum Gasteiger partial charge on any atom is 0.244 e. The molecule has 6 heteroatoms. The lowest BCUT2D eigenvalue weighted by atomic mass is 9.70. The average molecular weight is 386 g/mol. The van der Waals surface area contributed by atoms with Crippen molar-refractivity contribution < 1.29 is 19.1 Å². The number of ether oxygens (including phenoxy) is 2. The molecule has 3 aliphatic rings. The zero-order chi connectivity index (χ0) is 20.1. The van der Waals surface area contributed by atoms with Crippen LogP contribution < -0.4 is 10.1 Å². The van der Waals surface area contributed by atoms with Crippen molar-refractivity contribution in [3.8, 4) is 5.75 Å². The first kappa shape index (κ1) is 19.2. The number of nitrogens with one attached hydrogen (secondary N) is 1. The van der Waals surface area contributed by atoms with Gasteiger partial charge in [-0.3, -0.25) is 9.59 Å². The van der Waals surface area contributed by atoms with E-state index >= 15 is 0 Å². The first-order valence-electron chi connectivity index (χ1n) is 10.3. The molecular weight excluding hydrogens is 356 g/mol. The van der Waals surface area contributed by atoms with E-state index in [0.717, 1.165) is 24.2 Å². The van der Waals surface area contributed by atoms with E-state index in [1.165, 1.54) is 6.92 Å². The predicted molar refractivity (Wildman–Crippen MR) is 105 cm³/mol. The van der Waals surface area contributed by atoms with Gasteiger partial charge in [-0.05, 0) is 39.7 Å². The number of carbonyl (C=O) groups excluding carboxylic acids is 2. The minimum absolute atomic E-state index is 0.0136. The summed E-state index contributed by atoms with van der Waals surface area (Å²) in [5, 5.41) is 2.70. The van der Waals surface area contributed by atoms with Gasteiger partial charge in [-0.25, -0.2) is 0 Å². The van der Waals surface area contributed by atoms with Crippen molar-refractivity contribution in [3.63, 3.8) is 0 Å². The van der Waals surface area contributed by atoms with Crippen LogP contribution in [0.25, 0.3) is 0 Å². The Bertz CT molecular complexity index is 778. The Morgan fingerprint density at radius 2 is 2.04 bits per heavy atom. The fourth-order valence-electron chi connectivity index (χ4n) is 5.10. The van der Waals surface area contributed by atoms with E-state index in [4.69, 9.17) is 9.47 Å². The summed E-state index contributed by atoms with van der Waals surface area (Å²) in [5.74, 6) is 1.26. The number of hydrogen-bond acceptors (Lipinski definition) is 4. The van der Waals surface area contributed by atoms with Crippen molar-refractivity contribution in [1.29, 1.82) is 0 Å². The Labute approximate surface area is 166 Å². The third-order valence-corrected chi connectivity index (χ3v) is 6.50. The molecule has 1 aromatic carbocycles. The Hall–Kier alpha value is -2.08. The molecule has 0 aliphatic carbocycles. The molecule has 28 heavy (non-hydrogen) atoms. The number of rotatable bonds is 2. The van der Waals surface area contributed by atoms with Crippen LogP contribution >= 0.6 is 0 Å². The summed E-state index contributed by atoms with van der Waals surface area (Å²) >= 11 is 0. The van der Waals surface area contributed by atoms with Crippen molar-refractivity contribution in [2.24, 2.45) is 11.8 Å². The van der Waals surface area contributed by atoms with Crippen molar-refractivity contribution >= 4 is 11.8 Å². The lowest BCUT2D eigenvalue weighted by molar-refractivity contribution is -0.189. The number of hydrogen-bond donors (Lipinski definition) is 1. The van der Waals surface area contributed by atoms with Gasteiger partial charge in [0.05, 0.1) is 12.2 Å². The maximum atomic E-state index is 12.7. The Morgan fingerprint density at radius 1 is 1.29 bits per heavy atom. The first-order chi connectivity index (χ1) is 13.3. The minimum Gasteiger partial charge on any atom is -0.487 e. The molecule has 1 aromatic rings. The van der Waals surface area contributed by atoms with Crippen LogP contribution in [0.5, 0.6) is 5.75 Å². The number of para-hydroxylation sites is 1. The summed E-state index contributed by atoms with van der Waals surface area (Å²) in [6.45, 7) is 8.80. The molecule has 4 rings (SSSR count). The van der Waals surface area contributed by atoms with Crippen molar-refractivity contribution in [3.05, 3.63) is 29.8 Å². The van der Waals surface area contributed by atoms with Gasteiger partial charge < -0.3 is 19.7 Å². The SMILES string of the molecule is CC(=O)N[C@H](C)C(=O)N1CC[C@H]2O[C@H]3c4ccccc4OC(C)(C)[C@@H]3C[C@H]2C1. The first-order valence-corrected chi connectivity index (χ1v) is 10.3. The van der Waals surface area contributed by atoms with Crippen LogP contribution in [-0.4, -0.2) is 47.6 Å². The molecule has 1 N–H and O–H groups in total. The molecular formula is C22H30N2O4. The van der Waals surface area contributed by atoms with Crippen LogP contribution in [0.3, 0.4) is 0 Å². The van der Waals surface area contributed by atoms with Gasteiger partial charge in [0.25, 0.3) is 0 Å². The summed E-state index contributed by atoms with van der Waals surface area (Å²) in [4.78, 5) is 25.9. The van der Waals surface area contributed by atoms with Gasteiger partial charge in [0.15, 0.2) is 0 Å². The maximum absolute atomic E-state index is 12.7. The van der Waals surface area contributed by atoms with Gasteiger partial charge in [-0.15, -0.1) is 0 Å². The molecule has 2 saturated heterocycles. The van der Waals surface area contributed by atoms with Crippen LogP contribution in [0, 0.1) is 11.8 Å². The lowest BCUT2D eigenvalue weighted by Crippen LogP contribution is -2.57. The fraction of sp³-hybridized carbons (Fsp3) is 0.636. The van der Waals surface area contributed by atoms with Crippen LogP contribution in [0.1, 0.15) is 52.2 Å². The summed E-state index contributed by atoms with van der Waals surface area (Å²) in [6, 6.07) is 7.68. The Morgan fingerprint density at radius 3 is 2.79 bits per heavy atom. The Balaban J connectivity index is 1.51. The molecule has 2 amide bonds. The van der Waals surface area contributed by atoms with E-state index in [1.54, 1.807) is 6.92 Å². The summed E-state index contributed by atoms with van der Waals surface area (Å²) < 4.78 is 12.9. The number of carbonyl (C=O) groups is 2. The van der Waals surface area contributed by atoms with Crippen LogP contribution in [0.2, 0.25) is 0 Å². The fourth-order valence-corrected chi connectivity index (χ4v) is 5.10. The van der Waals surface area contributed by atoms with Gasteiger partial charge in [0.1, 0.15) is 17.4 Å². The largest absolute Gasteiger partial charge is 0.487 e. The van der Waals surface area contributed by atoms with E-state index in [-0.39, 0.29) is 41.5 Å². The Kier molecular flexibility index (Phi) is 4.86. The molecule has 2 fully saturated rings. The number of amides is 2. The number of nitrogens with zero attached hydrogens (tertiary/aromatic N) is 1. The molecule has 0 aromatic heterocycles. The van der Waals surface area contributed by atoms with Crippen molar-refractivity contribution in [2.45, 2.75) is 64.4 Å². The second kappa shape index (κ2) is 7.07. The van der Waals surface area contributed by atoms with Crippen LogP contribution in [-0.2, 0) is 14.3 Å². The quantitative estimate of drug-likeness (QED) is 0.849. The lowest BCUT2D eigenvalue weighted by Gasteiger charge is -2.53. The summed E-state index contributed by atoms with van der Waals surface area (Å²) in [5.41, 5.74) is 0.822. The van der Waals surface area contributed by atoms with Crippen molar-refractivity contribution in [1.82, 2.24) is 10.2 Å². The highest BCUT2D eigenvalue weighted by Gasteiger charge is 2.51. The number of fused-ring (bicyclic) bond motifs is 4. The highest BCUT2D eigenvalue weighted by atomic mass is 16.5. The van der Waals surface area contributed by atoms with E-state index < -0.39 is 6.04 Å². The molecule has 0 unspecified atom stereocenters. The molecule has 6 nitrogen and oxygen atoms in total. The van der Waals surface area contributed by atoms with E-state index in [2.05, 4.69) is 25.2 Å². The van der Waals surface area contributed by atoms with Crippen LogP contribution in [0.15, 0.2) is 24.3 Å². The predicted octanol–water partition coefficient (Wildman–Crippen LogP) is 2.68. The molecule has 5 atom stereocenters. The normalized spacial score (nSPS) is 31.5. The van der Waals surface area contributed by atoms with E-state index in [1.807, 2.05) is 23.1 Å². The highest BCUT2D eigenvalue weighted by molar-refractivity contribution is 5.86. The van der Waals surface area contributed by atoms with E-state index in [0.29, 0.717) is 13.1 Å². The third-order valence-electron chi connectivity index (χ3n) is 6.50. The molecule has 0 bridgehead atoms. The topological polar surface area (TPSA) is 67.9 Å². The monoisotopic (exact) mass is 386 g/mol. The number of piperidine rings is 1. The summed E-state index contributed by atoms with van der Waals surface area (Å²) in [7, 11) is 0. The van der Waals surface area contributed by atoms with Gasteiger partial charge in [-0.1, -0.05) is 18.2 Å². The van der Waals surface area contributed by atoms with Gasteiger partial charge in [-0.2, -0.15) is 0 Å². The second-order valence-corrected chi connectivity index (χ2v) is 8.94. The number of benzene rings is 1. The average Bonchev–Trinajstić information content (AvgIpc) is 2.65. The summed E-state index contributed by atoms with van der Waals surface area (Å²) in [6.07, 6.45) is 2.00. The van der Waals surface area contributed by atoms with E-state index in [9.17, 15) is 9.59 Å². The van der Waals surface area contributed by atoms with Gasteiger partial charge >= 0.3 is 0 Å². The molecule has 0 spiro atoms. The third kappa shape index (κ3) is 3.39. The minimum atomic E-state index is -0.493. The highest BCUT2D eigenvalue weighted by Crippen LogP contribution is 2.52. The van der Waals surface area contributed by atoms with Crippen molar-refractivity contribution in [2.75, 3.05) is 13.1 Å². The molecule has 3 aliphatic heterocycles. The number of likely N-dealkylation sites (tertiary alicyclic amines) is 1. The van der Waals surface area contributed by atoms with Crippen LogP contribution in [0.4, 0.5) is 0 Å². The molecule has 152 valence electrons. The zero-order valence-corrected chi connectivity index (χ0v) is 17.1. The zero-order valence-electron chi connectivity index (χ0n) is 17.1. The molecule has 0 saturated carbocycles. The molecule has 3 heterocycles.